The van der Waals surface area contributed by atoms with Gasteiger partial charge >= 0.3 is 0 Å². The van der Waals surface area contributed by atoms with Gasteiger partial charge in [0, 0.05) is 24.7 Å². The predicted octanol–water partition coefficient (Wildman–Crippen LogP) is 3.16. The fourth-order valence-corrected chi connectivity index (χ4v) is 3.52. The number of carbonyl (C=O) groups is 2. The molecule has 144 valence electrons. The van der Waals surface area contributed by atoms with Gasteiger partial charge in [-0.15, -0.1) is 0 Å². The van der Waals surface area contributed by atoms with Crippen LogP contribution in [0.2, 0.25) is 0 Å². The first-order chi connectivity index (χ1) is 12.3. The number of likely N-dealkylation sites (N-methyl/N-ethyl adjacent to an activating group) is 1. The number of carbonyl (C=O) groups excluding carboxylic acids is 2. The van der Waals surface area contributed by atoms with Gasteiger partial charge < -0.3 is 15.5 Å². The van der Waals surface area contributed by atoms with Crippen molar-refractivity contribution < 1.29 is 9.59 Å². The van der Waals surface area contributed by atoms with E-state index >= 15 is 0 Å². The molecule has 0 unspecified atom stereocenters. The van der Waals surface area contributed by atoms with Crippen LogP contribution in [0.1, 0.15) is 51.5 Å². The summed E-state index contributed by atoms with van der Waals surface area (Å²) in [6, 6.07) is 7.84. The summed E-state index contributed by atoms with van der Waals surface area (Å²) in [7, 11) is 4.01. The first kappa shape index (κ1) is 20.4. The molecule has 5 heteroatoms. The predicted molar refractivity (Wildman–Crippen MR) is 106 cm³/mol. The highest BCUT2D eigenvalue weighted by Gasteiger charge is 2.40. The molecule has 0 atom stereocenters. The highest BCUT2D eigenvalue weighted by Crippen LogP contribution is 2.40. The first-order valence-corrected chi connectivity index (χ1v) is 9.69. The van der Waals surface area contributed by atoms with Gasteiger partial charge in [0.2, 0.25) is 11.8 Å². The van der Waals surface area contributed by atoms with Crippen molar-refractivity contribution in [2.75, 3.05) is 32.5 Å². The summed E-state index contributed by atoms with van der Waals surface area (Å²) in [5, 5.41) is 6.05. The summed E-state index contributed by atoms with van der Waals surface area (Å²) in [5.41, 5.74) is 1.40. The molecule has 5 nitrogen and oxygen atoms in total. The highest BCUT2D eigenvalue weighted by molar-refractivity contribution is 5.92. The second-order valence-electron chi connectivity index (χ2n) is 7.92. The zero-order valence-electron chi connectivity index (χ0n) is 16.6. The lowest BCUT2D eigenvalue weighted by Gasteiger charge is -2.36. The van der Waals surface area contributed by atoms with E-state index < -0.39 is 5.41 Å². The second-order valence-corrected chi connectivity index (χ2v) is 7.92. The fourth-order valence-electron chi connectivity index (χ4n) is 3.52. The Morgan fingerprint density at radius 3 is 2.23 bits per heavy atom. The quantitative estimate of drug-likeness (QED) is 0.786. The molecule has 0 spiro atoms. The van der Waals surface area contributed by atoms with Gasteiger partial charge in [-0.25, -0.2) is 0 Å². The smallest absolute Gasteiger partial charge is 0.230 e. The largest absolute Gasteiger partial charge is 0.354 e. The Bertz CT molecular complexity index is 602. The monoisotopic (exact) mass is 359 g/mol. The summed E-state index contributed by atoms with van der Waals surface area (Å²) in [6.45, 7) is 5.25. The van der Waals surface area contributed by atoms with Crippen molar-refractivity contribution in [3.05, 3.63) is 29.8 Å². The van der Waals surface area contributed by atoms with Gasteiger partial charge in [-0.3, -0.25) is 9.59 Å². The Kier molecular flexibility index (Phi) is 7.21. The molecular formula is C21H33N3O2. The van der Waals surface area contributed by atoms with E-state index in [-0.39, 0.29) is 17.7 Å². The van der Waals surface area contributed by atoms with Crippen molar-refractivity contribution >= 4 is 17.5 Å². The van der Waals surface area contributed by atoms with Crippen molar-refractivity contribution in [2.45, 2.75) is 51.4 Å². The summed E-state index contributed by atoms with van der Waals surface area (Å²) < 4.78 is 0. The summed E-state index contributed by atoms with van der Waals surface area (Å²) in [5.74, 6) is 0.0893. The van der Waals surface area contributed by atoms with E-state index in [0.717, 1.165) is 43.5 Å². The number of nitrogens with one attached hydrogen (secondary N) is 2. The van der Waals surface area contributed by atoms with Crippen LogP contribution in [0.15, 0.2) is 24.3 Å². The maximum absolute atomic E-state index is 13.1. The standard InChI is InChI=1S/C21H33N3O2/c1-16(2)19(25)23-18-10-8-17(9-11-18)21(12-6-5-7-13-21)20(26)22-14-15-24(3)4/h8-11,16H,5-7,12-15H2,1-4H3,(H,22,26)(H,23,25). The van der Waals surface area contributed by atoms with Crippen LogP contribution in [0.4, 0.5) is 5.69 Å². The third kappa shape index (κ3) is 5.07. The van der Waals surface area contributed by atoms with E-state index in [2.05, 4.69) is 15.5 Å². The molecule has 1 aliphatic carbocycles. The van der Waals surface area contributed by atoms with Crippen LogP contribution in [0.5, 0.6) is 0 Å². The minimum absolute atomic E-state index is 0.00607. The number of rotatable bonds is 7. The van der Waals surface area contributed by atoms with Crippen molar-refractivity contribution in [3.8, 4) is 0 Å². The van der Waals surface area contributed by atoms with E-state index in [4.69, 9.17) is 0 Å². The van der Waals surface area contributed by atoms with Crippen LogP contribution in [0, 0.1) is 5.92 Å². The molecule has 0 heterocycles. The normalized spacial score (nSPS) is 16.5. The van der Waals surface area contributed by atoms with Crippen molar-refractivity contribution in [1.82, 2.24) is 10.2 Å². The van der Waals surface area contributed by atoms with Crippen LogP contribution < -0.4 is 10.6 Å². The zero-order valence-corrected chi connectivity index (χ0v) is 16.6. The van der Waals surface area contributed by atoms with Gasteiger partial charge in [0.25, 0.3) is 0 Å². The molecule has 0 aromatic heterocycles. The van der Waals surface area contributed by atoms with Crippen molar-refractivity contribution in [2.24, 2.45) is 5.92 Å². The van der Waals surface area contributed by atoms with Crippen LogP contribution in [-0.2, 0) is 15.0 Å². The lowest BCUT2D eigenvalue weighted by atomic mass is 9.68. The Morgan fingerprint density at radius 2 is 1.69 bits per heavy atom. The van der Waals surface area contributed by atoms with E-state index in [9.17, 15) is 9.59 Å². The lowest BCUT2D eigenvalue weighted by molar-refractivity contribution is -0.128. The van der Waals surface area contributed by atoms with Crippen LogP contribution >= 0.6 is 0 Å². The second kappa shape index (κ2) is 9.17. The average Bonchev–Trinajstić information content (AvgIpc) is 2.62. The van der Waals surface area contributed by atoms with Gasteiger partial charge in [-0.2, -0.15) is 0 Å². The molecule has 1 aromatic carbocycles. The molecule has 2 amide bonds. The Hall–Kier alpha value is -1.88. The molecular weight excluding hydrogens is 326 g/mol. The molecule has 0 saturated heterocycles. The molecule has 1 aromatic rings. The SMILES string of the molecule is CC(C)C(=O)Nc1ccc(C2(C(=O)NCCN(C)C)CCCCC2)cc1. The molecule has 2 N–H and O–H groups in total. The van der Waals surface area contributed by atoms with Crippen LogP contribution in [0.25, 0.3) is 0 Å². The molecule has 0 aliphatic heterocycles. The number of anilines is 1. The highest BCUT2D eigenvalue weighted by atomic mass is 16.2. The third-order valence-electron chi connectivity index (χ3n) is 5.22. The molecule has 0 radical (unpaired) electrons. The number of amides is 2. The number of hydrogen-bond donors (Lipinski definition) is 2. The number of nitrogens with zero attached hydrogens (tertiary/aromatic N) is 1. The molecule has 1 aliphatic rings. The Balaban J connectivity index is 2.15. The first-order valence-electron chi connectivity index (χ1n) is 9.69. The molecule has 2 rings (SSSR count). The van der Waals surface area contributed by atoms with Gasteiger partial charge in [-0.05, 0) is 44.6 Å². The minimum Gasteiger partial charge on any atom is -0.354 e. The number of benzene rings is 1. The minimum atomic E-state index is -0.439. The maximum atomic E-state index is 13.1. The number of hydrogen-bond acceptors (Lipinski definition) is 3. The van der Waals surface area contributed by atoms with E-state index in [1.165, 1.54) is 6.42 Å². The Labute approximate surface area is 157 Å². The summed E-state index contributed by atoms with van der Waals surface area (Å²) in [4.78, 5) is 27.0. The third-order valence-corrected chi connectivity index (χ3v) is 5.22. The Morgan fingerprint density at radius 1 is 1.08 bits per heavy atom. The van der Waals surface area contributed by atoms with Gasteiger partial charge in [-0.1, -0.05) is 45.2 Å². The summed E-state index contributed by atoms with van der Waals surface area (Å²) in [6.07, 6.45) is 5.12. The van der Waals surface area contributed by atoms with Crippen LogP contribution in [0.3, 0.4) is 0 Å². The topological polar surface area (TPSA) is 61.4 Å². The van der Waals surface area contributed by atoms with E-state index in [0.29, 0.717) is 6.54 Å². The van der Waals surface area contributed by atoms with E-state index in [1.54, 1.807) is 0 Å². The maximum Gasteiger partial charge on any atom is 0.230 e. The molecule has 0 bridgehead atoms. The van der Waals surface area contributed by atoms with Crippen molar-refractivity contribution in [1.29, 1.82) is 0 Å². The lowest BCUT2D eigenvalue weighted by Crippen LogP contribution is -2.47. The van der Waals surface area contributed by atoms with E-state index in [1.807, 2.05) is 52.2 Å². The summed E-state index contributed by atoms with van der Waals surface area (Å²) >= 11 is 0. The zero-order chi connectivity index (χ0) is 19.2. The fraction of sp³-hybridized carbons (Fsp3) is 0.619. The molecule has 26 heavy (non-hydrogen) atoms. The van der Waals surface area contributed by atoms with Gasteiger partial charge in [0.05, 0.1) is 5.41 Å². The molecule has 1 saturated carbocycles. The van der Waals surface area contributed by atoms with Gasteiger partial charge in [0.15, 0.2) is 0 Å². The molecule has 1 fully saturated rings. The average molecular weight is 360 g/mol. The van der Waals surface area contributed by atoms with Crippen molar-refractivity contribution in [3.63, 3.8) is 0 Å². The van der Waals surface area contributed by atoms with Gasteiger partial charge in [0.1, 0.15) is 0 Å². The van der Waals surface area contributed by atoms with Crippen LogP contribution in [-0.4, -0.2) is 43.9 Å².